The normalized spacial score (nSPS) is 10.1. The Balaban J connectivity index is 1.56. The number of methoxy groups -OCH3 is 2. The van der Waals surface area contributed by atoms with Crippen LogP contribution in [0.2, 0.25) is 0 Å². The van der Waals surface area contributed by atoms with Crippen LogP contribution in [0.15, 0.2) is 60.7 Å². The molecule has 0 aliphatic heterocycles. The first-order chi connectivity index (χ1) is 13.2. The summed E-state index contributed by atoms with van der Waals surface area (Å²) in [5, 5.41) is 14.0. The van der Waals surface area contributed by atoms with E-state index in [0.717, 1.165) is 11.3 Å². The topological polar surface area (TPSA) is 85.4 Å². The van der Waals surface area contributed by atoms with Crippen molar-refractivity contribution in [2.45, 2.75) is 6.54 Å². The molecular weight excluding hydrogens is 344 g/mol. The van der Waals surface area contributed by atoms with Gasteiger partial charge in [-0.3, -0.25) is 4.79 Å². The van der Waals surface area contributed by atoms with E-state index in [2.05, 4.69) is 20.8 Å². The van der Waals surface area contributed by atoms with E-state index in [1.54, 1.807) is 50.6 Å². The molecule has 0 fully saturated rings. The van der Waals surface area contributed by atoms with Crippen molar-refractivity contribution >= 4 is 17.5 Å². The molecule has 0 aliphatic rings. The van der Waals surface area contributed by atoms with E-state index >= 15 is 0 Å². The summed E-state index contributed by atoms with van der Waals surface area (Å²) >= 11 is 0. The molecule has 3 aromatic rings. The van der Waals surface area contributed by atoms with Crippen LogP contribution in [0.5, 0.6) is 11.5 Å². The highest BCUT2D eigenvalue weighted by molar-refractivity contribution is 6.03. The second-order valence-electron chi connectivity index (χ2n) is 5.69. The first kappa shape index (κ1) is 18.2. The second kappa shape index (κ2) is 8.66. The Bertz CT molecular complexity index is 896. The van der Waals surface area contributed by atoms with Gasteiger partial charge in [0.1, 0.15) is 17.3 Å². The van der Waals surface area contributed by atoms with Crippen molar-refractivity contribution in [2.24, 2.45) is 0 Å². The van der Waals surface area contributed by atoms with E-state index in [4.69, 9.17) is 9.47 Å². The number of nitrogens with one attached hydrogen (secondary N) is 2. The van der Waals surface area contributed by atoms with Crippen LogP contribution < -0.4 is 20.1 Å². The predicted octanol–water partition coefficient (Wildman–Crippen LogP) is 3.36. The number of hydrogen-bond donors (Lipinski definition) is 2. The number of nitrogens with zero attached hydrogens (tertiary/aromatic N) is 2. The number of benzene rings is 2. The van der Waals surface area contributed by atoms with Crippen LogP contribution in [-0.4, -0.2) is 30.3 Å². The molecule has 1 heterocycles. The number of rotatable bonds is 7. The fraction of sp³-hybridized carbons (Fsp3) is 0.150. The molecule has 0 bridgehead atoms. The van der Waals surface area contributed by atoms with E-state index in [9.17, 15) is 4.79 Å². The lowest BCUT2D eigenvalue weighted by atomic mass is 10.2. The van der Waals surface area contributed by atoms with Gasteiger partial charge in [-0.15, -0.1) is 10.2 Å². The third kappa shape index (κ3) is 4.94. The summed E-state index contributed by atoms with van der Waals surface area (Å²) in [7, 11) is 3.19. The maximum Gasteiger partial charge on any atom is 0.256 e. The SMILES string of the molecule is COc1ccc(CNc2ccc(NC(=O)c3cccc(OC)c3)nn2)cc1. The van der Waals surface area contributed by atoms with Crippen LogP contribution in [0, 0.1) is 0 Å². The zero-order chi connectivity index (χ0) is 19.1. The van der Waals surface area contributed by atoms with Gasteiger partial charge in [0.25, 0.3) is 5.91 Å². The summed E-state index contributed by atoms with van der Waals surface area (Å²) in [5.74, 6) is 2.15. The van der Waals surface area contributed by atoms with E-state index in [1.807, 2.05) is 24.3 Å². The molecule has 1 aromatic heterocycles. The predicted molar refractivity (Wildman–Crippen MR) is 103 cm³/mol. The van der Waals surface area contributed by atoms with Crippen LogP contribution in [-0.2, 0) is 6.54 Å². The third-order valence-corrected chi connectivity index (χ3v) is 3.87. The molecule has 27 heavy (non-hydrogen) atoms. The molecule has 2 aromatic carbocycles. The molecule has 0 aliphatic carbocycles. The van der Waals surface area contributed by atoms with Gasteiger partial charge in [-0.25, -0.2) is 0 Å². The highest BCUT2D eigenvalue weighted by Crippen LogP contribution is 2.15. The molecule has 3 rings (SSSR count). The summed E-state index contributed by atoms with van der Waals surface area (Å²) in [4.78, 5) is 12.3. The number of hydrogen-bond acceptors (Lipinski definition) is 6. The molecule has 0 atom stereocenters. The Morgan fingerprint density at radius 3 is 2.26 bits per heavy atom. The first-order valence-corrected chi connectivity index (χ1v) is 8.34. The maximum absolute atomic E-state index is 12.3. The molecule has 7 heteroatoms. The number of aromatic nitrogens is 2. The standard InChI is InChI=1S/C20H20N4O3/c1-26-16-8-6-14(7-9-16)13-21-18-10-11-19(24-23-18)22-20(25)15-4-3-5-17(12-15)27-2/h3-12H,13H2,1-2H3,(H,21,23)(H,22,24,25). The molecule has 0 unspecified atom stereocenters. The van der Waals surface area contributed by atoms with Crippen LogP contribution in [0.25, 0.3) is 0 Å². The molecule has 7 nitrogen and oxygen atoms in total. The zero-order valence-electron chi connectivity index (χ0n) is 15.1. The molecule has 0 saturated carbocycles. The fourth-order valence-electron chi connectivity index (χ4n) is 2.38. The van der Waals surface area contributed by atoms with Crippen molar-refractivity contribution in [1.29, 1.82) is 0 Å². The Morgan fingerprint density at radius 1 is 0.889 bits per heavy atom. The lowest BCUT2D eigenvalue weighted by Gasteiger charge is -2.08. The highest BCUT2D eigenvalue weighted by atomic mass is 16.5. The maximum atomic E-state index is 12.3. The second-order valence-corrected chi connectivity index (χ2v) is 5.69. The number of anilines is 2. The average molecular weight is 364 g/mol. The van der Waals surface area contributed by atoms with Gasteiger partial charge in [0.2, 0.25) is 0 Å². The van der Waals surface area contributed by atoms with Crippen molar-refractivity contribution < 1.29 is 14.3 Å². The van der Waals surface area contributed by atoms with Gasteiger partial charge < -0.3 is 20.1 Å². The minimum Gasteiger partial charge on any atom is -0.497 e. The van der Waals surface area contributed by atoms with Crippen LogP contribution >= 0.6 is 0 Å². The van der Waals surface area contributed by atoms with Gasteiger partial charge in [-0.1, -0.05) is 18.2 Å². The van der Waals surface area contributed by atoms with Crippen molar-refractivity contribution in [1.82, 2.24) is 10.2 Å². The van der Waals surface area contributed by atoms with E-state index in [0.29, 0.717) is 29.5 Å². The summed E-state index contributed by atoms with van der Waals surface area (Å²) < 4.78 is 10.3. The summed E-state index contributed by atoms with van der Waals surface area (Å²) in [6, 6.07) is 18.1. The third-order valence-electron chi connectivity index (χ3n) is 3.87. The van der Waals surface area contributed by atoms with Crippen molar-refractivity contribution in [2.75, 3.05) is 24.9 Å². The monoisotopic (exact) mass is 364 g/mol. The molecule has 0 saturated heterocycles. The number of amides is 1. The van der Waals surface area contributed by atoms with Crippen LogP contribution in [0.3, 0.4) is 0 Å². The van der Waals surface area contributed by atoms with Crippen molar-refractivity contribution in [3.63, 3.8) is 0 Å². The minimum absolute atomic E-state index is 0.276. The van der Waals surface area contributed by atoms with E-state index in [-0.39, 0.29) is 5.91 Å². The van der Waals surface area contributed by atoms with Gasteiger partial charge in [-0.05, 0) is 48.0 Å². The Morgan fingerprint density at radius 2 is 1.59 bits per heavy atom. The largest absolute Gasteiger partial charge is 0.497 e. The minimum atomic E-state index is -0.276. The van der Waals surface area contributed by atoms with Crippen molar-refractivity contribution in [3.8, 4) is 11.5 Å². The van der Waals surface area contributed by atoms with Gasteiger partial charge in [-0.2, -0.15) is 0 Å². The van der Waals surface area contributed by atoms with E-state index < -0.39 is 0 Å². The van der Waals surface area contributed by atoms with Gasteiger partial charge >= 0.3 is 0 Å². The average Bonchev–Trinajstić information content (AvgIpc) is 2.73. The Labute approximate surface area is 157 Å². The molecule has 1 amide bonds. The molecule has 138 valence electrons. The number of carbonyl (C=O) groups excluding carboxylic acids is 1. The Kier molecular flexibility index (Phi) is 5.84. The Hall–Kier alpha value is -3.61. The van der Waals surface area contributed by atoms with Crippen LogP contribution in [0.4, 0.5) is 11.6 Å². The van der Waals surface area contributed by atoms with Gasteiger partial charge in [0.15, 0.2) is 5.82 Å². The number of carbonyl (C=O) groups is 1. The van der Waals surface area contributed by atoms with Crippen LogP contribution in [0.1, 0.15) is 15.9 Å². The lowest BCUT2D eigenvalue weighted by molar-refractivity contribution is 0.102. The van der Waals surface area contributed by atoms with Gasteiger partial charge in [0.05, 0.1) is 14.2 Å². The highest BCUT2D eigenvalue weighted by Gasteiger charge is 2.08. The quantitative estimate of drug-likeness (QED) is 0.669. The fourth-order valence-corrected chi connectivity index (χ4v) is 2.38. The van der Waals surface area contributed by atoms with E-state index in [1.165, 1.54) is 0 Å². The summed E-state index contributed by atoms with van der Waals surface area (Å²) in [5.41, 5.74) is 1.57. The smallest absolute Gasteiger partial charge is 0.256 e. The van der Waals surface area contributed by atoms with Crippen molar-refractivity contribution in [3.05, 3.63) is 71.8 Å². The molecule has 0 radical (unpaired) electrons. The lowest BCUT2D eigenvalue weighted by Crippen LogP contribution is -2.13. The molecule has 2 N–H and O–H groups in total. The summed E-state index contributed by atoms with van der Waals surface area (Å²) in [6.07, 6.45) is 0. The summed E-state index contributed by atoms with van der Waals surface area (Å²) in [6.45, 7) is 0.605. The number of ether oxygens (including phenoxy) is 2. The zero-order valence-corrected chi connectivity index (χ0v) is 15.1. The molecule has 0 spiro atoms. The van der Waals surface area contributed by atoms with Gasteiger partial charge in [0, 0.05) is 12.1 Å². The first-order valence-electron chi connectivity index (χ1n) is 8.34. The molecular formula is C20H20N4O3.